The Labute approximate surface area is 191 Å². The molecule has 1 N–H and O–H groups in total. The van der Waals surface area contributed by atoms with Crippen molar-refractivity contribution >= 4 is 47.2 Å². The molecule has 6 nitrogen and oxygen atoms in total. The van der Waals surface area contributed by atoms with Crippen LogP contribution < -0.4 is 0 Å². The van der Waals surface area contributed by atoms with Gasteiger partial charge in [0.1, 0.15) is 0 Å². The van der Waals surface area contributed by atoms with Crippen molar-refractivity contribution in [1.82, 2.24) is 4.90 Å². The topological polar surface area (TPSA) is 82.3 Å². The Bertz CT molecular complexity index is 1070. The number of nitrogens with zero attached hydrogens (tertiary/aromatic N) is 3. The van der Waals surface area contributed by atoms with Crippen molar-refractivity contribution in [3.63, 3.8) is 0 Å². The van der Waals surface area contributed by atoms with E-state index in [-0.39, 0.29) is 18.9 Å². The van der Waals surface area contributed by atoms with Gasteiger partial charge in [-0.25, -0.2) is 0 Å². The van der Waals surface area contributed by atoms with E-state index in [0.29, 0.717) is 16.5 Å². The van der Waals surface area contributed by atoms with Gasteiger partial charge in [0.2, 0.25) is 0 Å². The first-order chi connectivity index (χ1) is 15.6. The average molecular weight is 446 g/mol. The van der Waals surface area contributed by atoms with E-state index in [1.165, 1.54) is 16.7 Å². The van der Waals surface area contributed by atoms with Crippen molar-refractivity contribution in [1.29, 1.82) is 0 Å². The van der Waals surface area contributed by atoms with Crippen LogP contribution in [0.4, 0.5) is 0 Å². The van der Waals surface area contributed by atoms with Crippen molar-refractivity contribution in [2.24, 2.45) is 10.2 Å². The highest BCUT2D eigenvalue weighted by Crippen LogP contribution is 2.31. The van der Waals surface area contributed by atoms with E-state index < -0.39 is 5.97 Å². The maximum Gasteiger partial charge on any atom is 0.303 e. The van der Waals surface area contributed by atoms with Crippen molar-refractivity contribution in [2.45, 2.75) is 12.8 Å². The molecule has 1 amide bonds. The van der Waals surface area contributed by atoms with E-state index in [2.05, 4.69) is 10.2 Å². The highest BCUT2D eigenvalue weighted by Gasteiger charge is 2.32. The Kier molecular flexibility index (Phi) is 8.77. The highest BCUT2D eigenvalue weighted by molar-refractivity contribution is 8.18. The fourth-order valence-corrected chi connectivity index (χ4v) is 3.75. The Hall–Kier alpha value is -3.71. The molecule has 3 rings (SSSR count). The lowest BCUT2D eigenvalue weighted by Gasteiger charge is -2.13. The Morgan fingerprint density at radius 2 is 1.59 bits per heavy atom. The monoisotopic (exact) mass is 445 g/mol. The number of amidine groups is 1. The molecular formula is C25H23N3O3S. The molecule has 0 bridgehead atoms. The summed E-state index contributed by atoms with van der Waals surface area (Å²) >= 11 is 1.23. The van der Waals surface area contributed by atoms with Crippen LogP contribution in [0.1, 0.15) is 24.0 Å². The lowest BCUT2D eigenvalue weighted by Crippen LogP contribution is -2.30. The summed E-state index contributed by atoms with van der Waals surface area (Å²) in [6.07, 6.45) is 11.0. The summed E-state index contributed by atoms with van der Waals surface area (Å²) in [5, 5.41) is 17.6. The summed E-state index contributed by atoms with van der Waals surface area (Å²) in [6, 6.07) is 19.6. The van der Waals surface area contributed by atoms with Gasteiger partial charge >= 0.3 is 5.97 Å². The van der Waals surface area contributed by atoms with Gasteiger partial charge < -0.3 is 5.11 Å². The zero-order chi connectivity index (χ0) is 22.6. The zero-order valence-corrected chi connectivity index (χ0v) is 18.2. The van der Waals surface area contributed by atoms with Gasteiger partial charge in [-0.1, -0.05) is 78.9 Å². The van der Waals surface area contributed by atoms with Crippen LogP contribution in [0, 0.1) is 0 Å². The second-order valence-corrected chi connectivity index (χ2v) is 7.78. The van der Waals surface area contributed by atoms with Crippen LogP contribution in [0.5, 0.6) is 0 Å². The van der Waals surface area contributed by atoms with Gasteiger partial charge in [0.25, 0.3) is 5.91 Å². The number of thioether (sulfide) groups is 1. The van der Waals surface area contributed by atoms with Gasteiger partial charge in [-0.05, 0) is 41.5 Å². The molecule has 2 aromatic carbocycles. The largest absolute Gasteiger partial charge is 0.481 e. The molecule has 0 atom stereocenters. The van der Waals surface area contributed by atoms with E-state index in [4.69, 9.17) is 5.11 Å². The van der Waals surface area contributed by atoms with Crippen LogP contribution in [0.3, 0.4) is 0 Å². The molecule has 0 saturated carbocycles. The number of rotatable bonds is 9. The van der Waals surface area contributed by atoms with E-state index in [1.54, 1.807) is 18.4 Å². The number of aliphatic carboxylic acids is 1. The first-order valence-electron chi connectivity index (χ1n) is 10.1. The molecule has 1 fully saturated rings. The quantitative estimate of drug-likeness (QED) is 0.332. The maximum absolute atomic E-state index is 12.8. The van der Waals surface area contributed by atoms with E-state index >= 15 is 0 Å². The standard InChI is InChI=1S/C25H23N3O3S/c29-23(30)17-9-19-28-24(31)22(16-7-14-20-10-3-1-4-11-20)32-25(28)27-26-18-8-15-21-12-5-2-6-13-21/h1-8,10-16,18H,9,17,19H2,(H,29,30)/b14-7+,15-8+,22-16+,26-18-,27-25+. The molecule has 1 heterocycles. The molecule has 0 spiro atoms. The number of hydrogen-bond donors (Lipinski definition) is 1. The molecule has 7 heteroatoms. The first-order valence-corrected chi connectivity index (χ1v) is 10.9. The molecule has 0 aromatic heterocycles. The number of hydrogen-bond acceptors (Lipinski definition) is 5. The minimum atomic E-state index is -0.895. The number of carbonyl (C=O) groups is 2. The third kappa shape index (κ3) is 7.21. The number of carbonyl (C=O) groups excluding carboxylic acids is 1. The van der Waals surface area contributed by atoms with Crippen LogP contribution in [0.15, 0.2) is 94.0 Å². The SMILES string of the molecule is O=C(O)CCCN1C(=O)/C(=C\C=C\c2ccccc2)S/C1=N/N=C\C=C\c1ccccc1. The molecule has 2 aromatic rings. The second kappa shape index (κ2) is 12.2. The fraction of sp³-hybridized carbons (Fsp3) is 0.120. The summed E-state index contributed by atoms with van der Waals surface area (Å²) in [6.45, 7) is 0.270. The Morgan fingerprint density at radius 1 is 0.969 bits per heavy atom. The van der Waals surface area contributed by atoms with Crippen molar-refractivity contribution in [3.05, 3.63) is 94.9 Å². The third-order valence-electron chi connectivity index (χ3n) is 4.38. The summed E-state index contributed by atoms with van der Waals surface area (Å²) in [5.41, 5.74) is 2.07. The molecule has 32 heavy (non-hydrogen) atoms. The molecule has 0 radical (unpaired) electrons. The highest BCUT2D eigenvalue weighted by atomic mass is 32.2. The summed E-state index contributed by atoms with van der Waals surface area (Å²) in [7, 11) is 0. The normalized spacial score (nSPS) is 17.0. The molecule has 1 saturated heterocycles. The van der Waals surface area contributed by atoms with Crippen LogP contribution in [-0.4, -0.2) is 39.8 Å². The van der Waals surface area contributed by atoms with Gasteiger partial charge in [0, 0.05) is 19.2 Å². The van der Waals surface area contributed by atoms with Crippen LogP contribution in [0.25, 0.3) is 12.2 Å². The van der Waals surface area contributed by atoms with E-state index in [1.807, 2.05) is 78.9 Å². The van der Waals surface area contributed by atoms with Crippen molar-refractivity contribution in [3.8, 4) is 0 Å². The van der Waals surface area contributed by atoms with Gasteiger partial charge in [0.15, 0.2) is 5.17 Å². The molecule has 0 aliphatic carbocycles. The minimum absolute atomic E-state index is 0.0161. The second-order valence-electron chi connectivity index (χ2n) is 6.77. The summed E-state index contributed by atoms with van der Waals surface area (Å²) in [5.74, 6) is -1.10. The molecular weight excluding hydrogens is 422 g/mol. The van der Waals surface area contributed by atoms with Gasteiger partial charge in [-0.3, -0.25) is 14.5 Å². The molecule has 162 valence electrons. The predicted octanol–water partition coefficient (Wildman–Crippen LogP) is 5.08. The number of amides is 1. The predicted molar refractivity (Wildman–Crippen MR) is 131 cm³/mol. The Morgan fingerprint density at radius 3 is 2.22 bits per heavy atom. The van der Waals surface area contributed by atoms with Crippen molar-refractivity contribution < 1.29 is 14.7 Å². The molecule has 1 aliphatic rings. The van der Waals surface area contributed by atoms with Crippen LogP contribution >= 0.6 is 11.8 Å². The van der Waals surface area contributed by atoms with Gasteiger partial charge in [-0.15, -0.1) is 5.10 Å². The fourth-order valence-electron chi connectivity index (χ4n) is 2.83. The van der Waals surface area contributed by atoms with Gasteiger partial charge in [-0.2, -0.15) is 5.10 Å². The molecule has 1 aliphatic heterocycles. The molecule has 0 unspecified atom stereocenters. The van der Waals surface area contributed by atoms with E-state index in [0.717, 1.165) is 11.1 Å². The van der Waals surface area contributed by atoms with Crippen LogP contribution in [-0.2, 0) is 9.59 Å². The van der Waals surface area contributed by atoms with Gasteiger partial charge in [0.05, 0.1) is 4.91 Å². The summed E-state index contributed by atoms with van der Waals surface area (Å²) in [4.78, 5) is 25.7. The number of benzene rings is 2. The van der Waals surface area contributed by atoms with E-state index in [9.17, 15) is 9.59 Å². The Balaban J connectivity index is 1.71. The lowest BCUT2D eigenvalue weighted by molar-refractivity contribution is -0.137. The first kappa shape index (κ1) is 23.0. The number of allylic oxidation sites excluding steroid dienone is 3. The van der Waals surface area contributed by atoms with Crippen molar-refractivity contribution in [2.75, 3.05) is 6.54 Å². The third-order valence-corrected chi connectivity index (χ3v) is 5.40. The lowest BCUT2D eigenvalue weighted by atomic mass is 10.2. The maximum atomic E-state index is 12.8. The average Bonchev–Trinajstić information content (AvgIpc) is 3.09. The number of carboxylic acid groups (broad SMARTS) is 1. The number of carboxylic acids is 1. The smallest absolute Gasteiger partial charge is 0.303 e. The van der Waals surface area contributed by atoms with Crippen LogP contribution in [0.2, 0.25) is 0 Å². The summed E-state index contributed by atoms with van der Waals surface area (Å²) < 4.78 is 0. The minimum Gasteiger partial charge on any atom is -0.481 e. The zero-order valence-electron chi connectivity index (χ0n) is 17.4.